The summed E-state index contributed by atoms with van der Waals surface area (Å²) >= 11 is 0. The molecule has 6 saturated carbocycles. The predicted molar refractivity (Wildman–Crippen MR) is 88.1 cm³/mol. The average Bonchev–Trinajstić information content (AvgIpc) is 2.96. The monoisotopic (exact) mass is 334 g/mol. The number of aliphatic carboxylic acids is 1. The third kappa shape index (κ3) is 1.45. The van der Waals surface area contributed by atoms with Crippen LogP contribution >= 0.6 is 0 Å². The van der Waals surface area contributed by atoms with Crippen LogP contribution in [0.3, 0.4) is 0 Å². The van der Waals surface area contributed by atoms with E-state index in [9.17, 15) is 20.1 Å². The van der Waals surface area contributed by atoms with Gasteiger partial charge >= 0.3 is 5.97 Å². The fraction of sp³-hybridized carbons (Fsp3) is 0.950. The summed E-state index contributed by atoms with van der Waals surface area (Å²) in [6, 6.07) is 0. The van der Waals surface area contributed by atoms with Gasteiger partial charge in [0.05, 0.1) is 11.5 Å². The van der Waals surface area contributed by atoms with E-state index in [-0.39, 0.29) is 23.9 Å². The van der Waals surface area contributed by atoms with Crippen LogP contribution < -0.4 is 0 Å². The molecule has 24 heavy (non-hydrogen) atoms. The molecule has 6 aliphatic carbocycles. The smallest absolute Gasteiger partial charge is 0.310 e. The molecule has 0 amide bonds. The zero-order chi connectivity index (χ0) is 17.1. The summed E-state index contributed by atoms with van der Waals surface area (Å²) in [6.45, 7) is 4.37. The number of fused-ring (bicyclic) bond motifs is 1. The second kappa shape index (κ2) is 4.20. The minimum atomic E-state index is -0.831. The SMILES string of the molecule is CC1(CO)CCCC2(C(=O)O)C1C(O)CC13CC4C(CC12)C4(C)C3. The van der Waals surface area contributed by atoms with Gasteiger partial charge in [0, 0.05) is 12.5 Å². The summed E-state index contributed by atoms with van der Waals surface area (Å²) in [5, 5.41) is 31.6. The Balaban J connectivity index is 1.66. The Labute approximate surface area is 143 Å². The number of hydrogen-bond donors (Lipinski definition) is 3. The van der Waals surface area contributed by atoms with E-state index in [1.807, 2.05) is 6.92 Å². The van der Waals surface area contributed by atoms with Crippen molar-refractivity contribution < 1.29 is 20.1 Å². The maximum absolute atomic E-state index is 12.7. The molecule has 0 aromatic carbocycles. The maximum atomic E-state index is 12.7. The lowest BCUT2D eigenvalue weighted by Crippen LogP contribution is -2.67. The average molecular weight is 334 g/mol. The highest BCUT2D eigenvalue weighted by atomic mass is 16.4. The van der Waals surface area contributed by atoms with Crippen molar-refractivity contribution in [2.24, 2.45) is 45.3 Å². The third-order valence-electron chi connectivity index (χ3n) is 9.68. The van der Waals surface area contributed by atoms with Gasteiger partial charge in [0.2, 0.25) is 0 Å². The Hall–Kier alpha value is -0.610. The third-order valence-corrected chi connectivity index (χ3v) is 9.68. The summed E-state index contributed by atoms with van der Waals surface area (Å²) in [7, 11) is 0. The molecule has 9 unspecified atom stereocenters. The quantitative estimate of drug-likeness (QED) is 0.725. The lowest BCUT2D eigenvalue weighted by atomic mass is 9.38. The van der Waals surface area contributed by atoms with Crippen molar-refractivity contribution in [1.29, 1.82) is 0 Å². The zero-order valence-corrected chi connectivity index (χ0v) is 14.8. The van der Waals surface area contributed by atoms with E-state index >= 15 is 0 Å². The summed E-state index contributed by atoms with van der Waals surface area (Å²) < 4.78 is 0. The Morgan fingerprint density at radius 3 is 2.50 bits per heavy atom. The van der Waals surface area contributed by atoms with Gasteiger partial charge in [-0.15, -0.1) is 0 Å². The number of rotatable bonds is 2. The van der Waals surface area contributed by atoms with Crippen LogP contribution in [0.25, 0.3) is 0 Å². The predicted octanol–water partition coefficient (Wildman–Crippen LogP) is 2.67. The number of carboxylic acid groups (broad SMARTS) is 1. The molecule has 3 N–H and O–H groups in total. The molecule has 0 aromatic heterocycles. The molecule has 9 atom stereocenters. The van der Waals surface area contributed by atoms with Gasteiger partial charge in [0.1, 0.15) is 0 Å². The number of aliphatic hydroxyl groups is 2. The van der Waals surface area contributed by atoms with Gasteiger partial charge < -0.3 is 15.3 Å². The van der Waals surface area contributed by atoms with E-state index in [0.29, 0.717) is 17.8 Å². The lowest BCUT2D eigenvalue weighted by molar-refractivity contribution is -0.233. The van der Waals surface area contributed by atoms with E-state index in [0.717, 1.165) is 44.4 Å². The molecular formula is C20H30O4. The first-order valence-corrected chi connectivity index (χ1v) is 9.76. The first kappa shape index (κ1) is 15.6. The van der Waals surface area contributed by atoms with Gasteiger partial charge in [-0.2, -0.15) is 0 Å². The van der Waals surface area contributed by atoms with Crippen molar-refractivity contribution in [2.75, 3.05) is 6.61 Å². The molecule has 6 rings (SSSR count). The van der Waals surface area contributed by atoms with E-state index in [1.165, 1.54) is 0 Å². The van der Waals surface area contributed by atoms with Crippen LogP contribution in [0.15, 0.2) is 0 Å². The summed E-state index contributed by atoms with van der Waals surface area (Å²) in [5.41, 5.74) is -0.832. The van der Waals surface area contributed by atoms with E-state index in [4.69, 9.17) is 0 Å². The fourth-order valence-corrected chi connectivity index (χ4v) is 8.94. The van der Waals surface area contributed by atoms with Gasteiger partial charge in [0.15, 0.2) is 0 Å². The van der Waals surface area contributed by atoms with Crippen LogP contribution in [-0.2, 0) is 4.79 Å². The summed E-state index contributed by atoms with van der Waals surface area (Å²) in [6.07, 6.45) is 5.81. The van der Waals surface area contributed by atoms with Gasteiger partial charge in [-0.3, -0.25) is 4.79 Å². The Morgan fingerprint density at radius 2 is 1.92 bits per heavy atom. The topological polar surface area (TPSA) is 77.8 Å². The maximum Gasteiger partial charge on any atom is 0.310 e. The highest BCUT2D eigenvalue weighted by molar-refractivity contribution is 5.77. The molecule has 0 heterocycles. The molecule has 134 valence electrons. The molecule has 1 spiro atoms. The van der Waals surface area contributed by atoms with E-state index < -0.39 is 22.9 Å². The first-order chi connectivity index (χ1) is 11.2. The lowest BCUT2D eigenvalue weighted by Gasteiger charge is -2.65. The largest absolute Gasteiger partial charge is 0.481 e. The Morgan fingerprint density at radius 1 is 1.17 bits per heavy atom. The zero-order valence-electron chi connectivity index (χ0n) is 14.8. The molecule has 4 bridgehead atoms. The van der Waals surface area contributed by atoms with Gasteiger partial charge in [-0.05, 0) is 72.5 Å². The van der Waals surface area contributed by atoms with Gasteiger partial charge in [0.25, 0.3) is 0 Å². The number of hydrogen-bond acceptors (Lipinski definition) is 3. The van der Waals surface area contributed by atoms with Crippen molar-refractivity contribution in [3.8, 4) is 0 Å². The van der Waals surface area contributed by atoms with Crippen LogP contribution in [0.5, 0.6) is 0 Å². The fourth-order valence-electron chi connectivity index (χ4n) is 8.94. The highest BCUT2D eigenvalue weighted by Crippen LogP contribution is 2.85. The van der Waals surface area contributed by atoms with E-state index in [2.05, 4.69) is 6.92 Å². The summed E-state index contributed by atoms with van der Waals surface area (Å²) in [5.74, 6) is 0.663. The normalized spacial score (nSPS) is 63.4. The van der Waals surface area contributed by atoms with E-state index in [1.54, 1.807) is 0 Å². The minimum Gasteiger partial charge on any atom is -0.481 e. The highest BCUT2D eigenvalue weighted by Gasteiger charge is 2.81. The van der Waals surface area contributed by atoms with Crippen LogP contribution in [0.4, 0.5) is 0 Å². The van der Waals surface area contributed by atoms with Crippen LogP contribution in [0.1, 0.15) is 58.8 Å². The molecule has 4 nitrogen and oxygen atoms in total. The minimum absolute atomic E-state index is 0.0206. The molecular weight excluding hydrogens is 304 g/mol. The second-order valence-corrected chi connectivity index (χ2v) is 10.5. The van der Waals surface area contributed by atoms with Crippen LogP contribution in [0.2, 0.25) is 0 Å². The molecule has 6 fully saturated rings. The first-order valence-electron chi connectivity index (χ1n) is 9.76. The van der Waals surface area contributed by atoms with Crippen molar-refractivity contribution in [3.63, 3.8) is 0 Å². The van der Waals surface area contributed by atoms with Gasteiger partial charge in [-0.25, -0.2) is 0 Å². The molecule has 0 saturated heterocycles. The summed E-state index contributed by atoms with van der Waals surface area (Å²) in [4.78, 5) is 12.7. The van der Waals surface area contributed by atoms with Crippen LogP contribution in [-0.4, -0.2) is 34.0 Å². The Kier molecular flexibility index (Phi) is 2.73. The number of aliphatic hydroxyl groups excluding tert-OH is 2. The van der Waals surface area contributed by atoms with Crippen molar-refractivity contribution >= 4 is 5.97 Å². The standard InChI is InChI=1S/C20H30O4/c1-17(10-21)4-3-5-20(16(23)24)14-6-11-12-7-19(14,9-18(11,12)2)8-13(22)15(17)20/h11-15,21-22H,3-10H2,1-2H3,(H,23,24). The molecule has 6 aliphatic rings. The van der Waals surface area contributed by atoms with Gasteiger partial charge in [-0.1, -0.05) is 20.3 Å². The number of carboxylic acids is 1. The van der Waals surface area contributed by atoms with Crippen molar-refractivity contribution in [3.05, 3.63) is 0 Å². The number of carbonyl (C=O) groups is 1. The molecule has 4 heteroatoms. The molecule has 0 aliphatic heterocycles. The molecule has 0 radical (unpaired) electrons. The van der Waals surface area contributed by atoms with Crippen molar-refractivity contribution in [2.45, 2.75) is 64.9 Å². The Bertz CT molecular complexity index is 619. The van der Waals surface area contributed by atoms with Crippen molar-refractivity contribution in [1.82, 2.24) is 0 Å². The van der Waals surface area contributed by atoms with Crippen LogP contribution in [0, 0.1) is 45.3 Å². The second-order valence-electron chi connectivity index (χ2n) is 10.5. The molecule has 0 aromatic rings.